The molecule has 0 saturated heterocycles. The van der Waals surface area contributed by atoms with Gasteiger partial charge in [0.1, 0.15) is 11.3 Å². The lowest BCUT2D eigenvalue weighted by atomic mass is 10.1. The van der Waals surface area contributed by atoms with Crippen LogP contribution in [0.15, 0.2) is 18.2 Å². The number of aryl methyl sites for hydroxylation is 2. The number of benzene rings is 1. The lowest BCUT2D eigenvalue weighted by molar-refractivity contribution is 0.635. The summed E-state index contributed by atoms with van der Waals surface area (Å²) in [6.45, 7) is 6.86. The van der Waals surface area contributed by atoms with Crippen LogP contribution in [0.3, 0.4) is 0 Å². The number of rotatable bonds is 4. The average Bonchev–Trinajstić information content (AvgIpc) is 2.31. The van der Waals surface area contributed by atoms with Gasteiger partial charge in [-0.1, -0.05) is 13.3 Å². The van der Waals surface area contributed by atoms with Crippen LogP contribution in [0.4, 0.5) is 10.1 Å². The fraction of sp³-hybridized carbons (Fsp3) is 0.400. The Balaban J connectivity index is 2.68. The normalized spacial score (nSPS) is 10.9. The molecule has 0 aliphatic rings. The van der Waals surface area contributed by atoms with Gasteiger partial charge in [0.05, 0.1) is 0 Å². The molecule has 18 heavy (non-hydrogen) atoms. The number of nitrogens with zero attached hydrogens (tertiary/aromatic N) is 1. The monoisotopic (exact) mass is 246 g/mol. The number of hydrogen-bond acceptors (Lipinski definition) is 2. The van der Waals surface area contributed by atoms with Gasteiger partial charge in [-0.3, -0.25) is 0 Å². The van der Waals surface area contributed by atoms with Gasteiger partial charge >= 0.3 is 0 Å². The third-order valence-corrected chi connectivity index (χ3v) is 2.94. The van der Waals surface area contributed by atoms with E-state index in [2.05, 4.69) is 17.2 Å². The molecule has 0 unspecified atom stereocenters. The molecule has 0 fully saturated rings. The highest BCUT2D eigenvalue weighted by molar-refractivity contribution is 5.92. The molecule has 0 bridgehead atoms. The van der Waals surface area contributed by atoms with E-state index in [1.54, 1.807) is 6.07 Å². The molecule has 0 amide bonds. The van der Waals surface area contributed by atoms with Crippen LogP contribution in [-0.2, 0) is 6.42 Å². The van der Waals surface area contributed by atoms with Crippen LogP contribution in [0.1, 0.15) is 31.5 Å². The van der Waals surface area contributed by atoms with Crippen molar-refractivity contribution in [3.63, 3.8) is 0 Å². The summed E-state index contributed by atoms with van der Waals surface area (Å²) in [5.41, 5.74) is 3.32. The summed E-state index contributed by atoms with van der Waals surface area (Å²) in [7, 11) is 0. The van der Waals surface area contributed by atoms with Gasteiger partial charge in [-0.25, -0.2) is 9.37 Å². The van der Waals surface area contributed by atoms with Crippen molar-refractivity contribution in [2.45, 2.75) is 33.6 Å². The highest BCUT2D eigenvalue weighted by Gasteiger charge is 2.10. The second-order valence-corrected chi connectivity index (χ2v) is 4.58. The van der Waals surface area contributed by atoms with E-state index in [0.717, 1.165) is 41.7 Å². The first-order chi connectivity index (χ1) is 8.65. The fourth-order valence-corrected chi connectivity index (χ4v) is 2.19. The summed E-state index contributed by atoms with van der Waals surface area (Å²) >= 11 is 0. The predicted octanol–water partition coefficient (Wildman–Crippen LogP) is 4.07. The van der Waals surface area contributed by atoms with Crippen LogP contribution in [-0.4, -0.2) is 11.5 Å². The van der Waals surface area contributed by atoms with Gasteiger partial charge in [0.25, 0.3) is 0 Å². The maximum atomic E-state index is 14.0. The number of nitrogens with one attached hydrogen (secondary N) is 1. The van der Waals surface area contributed by atoms with E-state index in [4.69, 9.17) is 0 Å². The first-order valence-electron chi connectivity index (χ1n) is 6.49. The molecule has 2 nitrogen and oxygen atoms in total. The molecule has 0 radical (unpaired) electrons. The molecule has 0 aliphatic heterocycles. The predicted molar refractivity (Wildman–Crippen MR) is 74.6 cm³/mol. The number of hydrogen-bond donors (Lipinski definition) is 1. The lowest BCUT2D eigenvalue weighted by Crippen LogP contribution is -2.02. The highest BCUT2D eigenvalue weighted by Crippen LogP contribution is 2.27. The Morgan fingerprint density at radius 3 is 2.67 bits per heavy atom. The topological polar surface area (TPSA) is 24.9 Å². The van der Waals surface area contributed by atoms with E-state index in [-0.39, 0.29) is 5.82 Å². The number of fused-ring (bicyclic) bond motifs is 1. The minimum Gasteiger partial charge on any atom is -0.385 e. The summed E-state index contributed by atoms with van der Waals surface area (Å²) in [5, 5.41) is 4.17. The Labute approximate surface area is 107 Å². The third kappa shape index (κ3) is 2.45. The molecule has 0 atom stereocenters. The second kappa shape index (κ2) is 5.34. The Morgan fingerprint density at radius 2 is 2.00 bits per heavy atom. The minimum atomic E-state index is -0.234. The Morgan fingerprint density at radius 1 is 1.22 bits per heavy atom. The van der Waals surface area contributed by atoms with E-state index >= 15 is 0 Å². The fourth-order valence-electron chi connectivity index (χ4n) is 2.19. The first-order valence-corrected chi connectivity index (χ1v) is 6.49. The molecule has 1 aromatic carbocycles. The van der Waals surface area contributed by atoms with Gasteiger partial charge in [-0.15, -0.1) is 0 Å². The molecule has 0 spiro atoms. The minimum absolute atomic E-state index is 0.234. The molecule has 0 aliphatic carbocycles. The van der Waals surface area contributed by atoms with Crippen molar-refractivity contribution < 1.29 is 4.39 Å². The van der Waals surface area contributed by atoms with Crippen molar-refractivity contribution in [1.29, 1.82) is 0 Å². The van der Waals surface area contributed by atoms with E-state index in [1.165, 1.54) is 0 Å². The number of aromatic nitrogens is 1. The van der Waals surface area contributed by atoms with Crippen LogP contribution in [0.25, 0.3) is 10.9 Å². The smallest absolute Gasteiger partial charge is 0.149 e. The number of anilines is 1. The first kappa shape index (κ1) is 12.8. The third-order valence-electron chi connectivity index (χ3n) is 2.94. The number of pyridine rings is 1. The quantitative estimate of drug-likeness (QED) is 0.879. The van der Waals surface area contributed by atoms with Gasteiger partial charge in [0, 0.05) is 23.3 Å². The van der Waals surface area contributed by atoms with Crippen molar-refractivity contribution in [2.75, 3.05) is 11.9 Å². The van der Waals surface area contributed by atoms with Gasteiger partial charge in [-0.2, -0.15) is 0 Å². The summed E-state index contributed by atoms with van der Waals surface area (Å²) < 4.78 is 14.0. The Hall–Kier alpha value is -1.64. The van der Waals surface area contributed by atoms with E-state index in [9.17, 15) is 4.39 Å². The lowest BCUT2D eigenvalue weighted by Gasteiger charge is -2.11. The van der Waals surface area contributed by atoms with Crippen molar-refractivity contribution in [1.82, 2.24) is 4.98 Å². The molecule has 2 aromatic rings. The van der Waals surface area contributed by atoms with Crippen LogP contribution >= 0.6 is 0 Å². The van der Waals surface area contributed by atoms with Crippen LogP contribution in [0.5, 0.6) is 0 Å². The van der Waals surface area contributed by atoms with Gasteiger partial charge < -0.3 is 5.32 Å². The Bertz CT molecular complexity index is 564. The summed E-state index contributed by atoms with van der Waals surface area (Å²) in [6.07, 6.45) is 1.89. The van der Waals surface area contributed by atoms with Gasteiger partial charge in [0.2, 0.25) is 0 Å². The van der Waals surface area contributed by atoms with E-state index in [0.29, 0.717) is 5.52 Å². The SMILES string of the molecule is CCCc1cc(NCC)c2cc(C)cc(F)c2n1. The van der Waals surface area contributed by atoms with E-state index in [1.807, 2.05) is 26.0 Å². The molecular weight excluding hydrogens is 227 g/mol. The van der Waals surface area contributed by atoms with Crippen molar-refractivity contribution in [3.05, 3.63) is 35.3 Å². The summed E-state index contributed by atoms with van der Waals surface area (Å²) in [6, 6.07) is 5.56. The maximum absolute atomic E-state index is 14.0. The molecule has 0 saturated carbocycles. The van der Waals surface area contributed by atoms with Crippen molar-refractivity contribution in [3.8, 4) is 0 Å². The standard InChI is InChI=1S/C15H19FN2/c1-4-6-11-9-14(17-5-2)12-7-10(3)8-13(16)15(12)18-11/h7-9H,4-6H2,1-3H3,(H,17,18). The zero-order chi connectivity index (χ0) is 13.1. The zero-order valence-electron chi connectivity index (χ0n) is 11.2. The highest BCUT2D eigenvalue weighted by atomic mass is 19.1. The van der Waals surface area contributed by atoms with Crippen LogP contribution in [0, 0.1) is 12.7 Å². The largest absolute Gasteiger partial charge is 0.385 e. The number of halogens is 1. The second-order valence-electron chi connectivity index (χ2n) is 4.58. The molecule has 1 aromatic heterocycles. The van der Waals surface area contributed by atoms with Crippen molar-refractivity contribution in [2.24, 2.45) is 0 Å². The van der Waals surface area contributed by atoms with Gasteiger partial charge in [0.15, 0.2) is 0 Å². The van der Waals surface area contributed by atoms with Crippen LogP contribution < -0.4 is 5.32 Å². The Kier molecular flexibility index (Phi) is 3.80. The van der Waals surface area contributed by atoms with Crippen LogP contribution in [0.2, 0.25) is 0 Å². The molecule has 1 heterocycles. The summed E-state index contributed by atoms with van der Waals surface area (Å²) in [4.78, 5) is 4.43. The molecule has 1 N–H and O–H groups in total. The van der Waals surface area contributed by atoms with Gasteiger partial charge in [-0.05, 0) is 44.0 Å². The van der Waals surface area contributed by atoms with E-state index < -0.39 is 0 Å². The summed E-state index contributed by atoms with van der Waals surface area (Å²) in [5.74, 6) is -0.234. The maximum Gasteiger partial charge on any atom is 0.149 e. The zero-order valence-corrected chi connectivity index (χ0v) is 11.2. The average molecular weight is 246 g/mol. The molecule has 3 heteroatoms. The molecule has 2 rings (SSSR count). The van der Waals surface area contributed by atoms with Crippen molar-refractivity contribution >= 4 is 16.6 Å². The molecule has 96 valence electrons. The molecular formula is C15H19FN2.